The monoisotopic (exact) mass is 550 g/mol. The van der Waals surface area contributed by atoms with Gasteiger partial charge in [-0.3, -0.25) is 0 Å². The molecule has 10 heteroatoms. The van der Waals surface area contributed by atoms with Crippen molar-refractivity contribution in [1.29, 1.82) is 0 Å². The zero-order valence-electron chi connectivity index (χ0n) is 22.7. The molecule has 2 heterocycles. The minimum absolute atomic E-state index is 0.0465. The Kier molecular flexibility index (Phi) is 6.62. The maximum absolute atomic E-state index is 13.0. The van der Waals surface area contributed by atoms with E-state index in [9.17, 15) is 35.1 Å². The molecule has 0 aromatic heterocycles. The molecule has 0 amide bonds. The minimum atomic E-state index is -1.43. The van der Waals surface area contributed by atoms with Crippen LogP contribution in [0.3, 0.4) is 0 Å². The number of ether oxygens (including phenoxy) is 3. The molecule has 218 valence electrons. The van der Waals surface area contributed by atoms with E-state index in [1.54, 1.807) is 13.0 Å². The van der Waals surface area contributed by atoms with Crippen molar-refractivity contribution in [2.24, 2.45) is 28.6 Å². The summed E-state index contributed by atoms with van der Waals surface area (Å²) in [5.74, 6) is -0.616. The number of hydrogen-bond acceptors (Lipinski definition) is 10. The molecular weight excluding hydrogens is 508 g/mol. The third-order valence-corrected chi connectivity index (χ3v) is 12.0. The molecule has 0 unspecified atom stereocenters. The first-order valence-electron chi connectivity index (χ1n) is 14.5. The van der Waals surface area contributed by atoms with Crippen molar-refractivity contribution in [3.05, 3.63) is 11.6 Å². The van der Waals surface area contributed by atoms with E-state index in [-0.39, 0.29) is 36.8 Å². The van der Waals surface area contributed by atoms with E-state index in [2.05, 4.69) is 6.92 Å². The van der Waals surface area contributed by atoms with Gasteiger partial charge in [-0.1, -0.05) is 6.92 Å². The Morgan fingerprint density at radius 2 is 1.72 bits per heavy atom. The second-order valence-electron chi connectivity index (χ2n) is 13.4. The van der Waals surface area contributed by atoms with E-state index in [0.29, 0.717) is 44.9 Å². The summed E-state index contributed by atoms with van der Waals surface area (Å²) < 4.78 is 16.9. The van der Waals surface area contributed by atoms with Gasteiger partial charge in [-0.25, -0.2) is 4.79 Å². The van der Waals surface area contributed by atoms with Gasteiger partial charge in [0.2, 0.25) is 0 Å². The maximum atomic E-state index is 13.0. The number of cyclic esters (lactones) is 1. The average Bonchev–Trinajstić information content (AvgIpc) is 3.45. The Hall–Kier alpha value is -1.40. The maximum Gasteiger partial charge on any atom is 0.331 e. The van der Waals surface area contributed by atoms with Crippen LogP contribution in [0.25, 0.3) is 0 Å². The zero-order valence-corrected chi connectivity index (χ0v) is 22.7. The summed E-state index contributed by atoms with van der Waals surface area (Å²) in [5.41, 5.74) is -2.86. The largest absolute Gasteiger partial charge is 0.458 e. The molecule has 0 aromatic rings. The first-order chi connectivity index (χ1) is 18.4. The molecule has 5 N–H and O–H groups in total. The van der Waals surface area contributed by atoms with Crippen LogP contribution in [-0.4, -0.2) is 92.4 Å². The van der Waals surface area contributed by atoms with Crippen LogP contribution in [0.15, 0.2) is 11.6 Å². The van der Waals surface area contributed by atoms with Crippen LogP contribution < -0.4 is 0 Å². The fraction of sp³-hybridized carbons (Fsp3) is 0.862. The van der Waals surface area contributed by atoms with Gasteiger partial charge < -0.3 is 44.5 Å². The van der Waals surface area contributed by atoms with Gasteiger partial charge in [0.1, 0.15) is 31.2 Å². The van der Waals surface area contributed by atoms with E-state index >= 15 is 0 Å². The molecule has 1 saturated heterocycles. The molecule has 6 aliphatic rings. The minimum Gasteiger partial charge on any atom is -0.458 e. The Bertz CT molecular complexity index is 1050. The summed E-state index contributed by atoms with van der Waals surface area (Å²) in [6, 6.07) is 0. The second kappa shape index (κ2) is 9.31. The first kappa shape index (κ1) is 27.8. The van der Waals surface area contributed by atoms with Crippen LogP contribution in [0.1, 0.15) is 71.6 Å². The lowest BCUT2D eigenvalue weighted by molar-refractivity contribution is -0.317. The predicted octanol–water partition coefficient (Wildman–Crippen LogP) is 0.750. The number of carbonyl (C=O) groups excluding carboxylic acids is 2. The topological polar surface area (TPSA) is 163 Å². The summed E-state index contributed by atoms with van der Waals surface area (Å²) >= 11 is 0. The number of carbonyl (C=O) groups is 2. The molecule has 0 bridgehead atoms. The second-order valence-corrected chi connectivity index (χ2v) is 13.4. The Balaban J connectivity index is 1.22. The van der Waals surface area contributed by atoms with E-state index in [0.717, 1.165) is 18.3 Å². The van der Waals surface area contributed by atoms with Gasteiger partial charge in [-0.2, -0.15) is 0 Å². The van der Waals surface area contributed by atoms with E-state index in [1.165, 1.54) is 0 Å². The van der Waals surface area contributed by atoms with Crippen molar-refractivity contribution in [1.82, 2.24) is 0 Å². The Labute approximate surface area is 228 Å². The molecule has 10 nitrogen and oxygen atoms in total. The fourth-order valence-electron chi connectivity index (χ4n) is 9.75. The van der Waals surface area contributed by atoms with Crippen molar-refractivity contribution in [2.75, 3.05) is 6.61 Å². The molecule has 4 saturated carbocycles. The summed E-state index contributed by atoms with van der Waals surface area (Å²) in [7, 11) is 0. The smallest absolute Gasteiger partial charge is 0.331 e. The number of rotatable bonds is 4. The molecule has 0 aromatic carbocycles. The molecule has 0 radical (unpaired) electrons. The van der Waals surface area contributed by atoms with Crippen LogP contribution in [0, 0.1) is 28.6 Å². The molecule has 6 rings (SSSR count). The number of fused-ring (bicyclic) bond motifs is 5. The molecule has 39 heavy (non-hydrogen) atoms. The highest BCUT2D eigenvalue weighted by Crippen LogP contribution is 2.70. The van der Waals surface area contributed by atoms with E-state index < -0.39 is 58.8 Å². The van der Waals surface area contributed by atoms with Gasteiger partial charge in [-0.15, -0.1) is 0 Å². The Morgan fingerprint density at radius 3 is 2.41 bits per heavy atom. The number of hydrogen-bond donors (Lipinski definition) is 5. The van der Waals surface area contributed by atoms with Gasteiger partial charge in [-0.05, 0) is 81.6 Å². The average molecular weight is 551 g/mol. The van der Waals surface area contributed by atoms with Crippen molar-refractivity contribution in [2.45, 2.75) is 120 Å². The third-order valence-electron chi connectivity index (χ3n) is 12.0. The van der Waals surface area contributed by atoms with E-state index in [1.807, 2.05) is 0 Å². The van der Waals surface area contributed by atoms with Crippen molar-refractivity contribution in [3.8, 4) is 0 Å². The quantitative estimate of drug-likeness (QED) is 0.192. The highest BCUT2D eigenvalue weighted by Gasteiger charge is 2.71. The number of aldehydes is 1. The number of esters is 1. The predicted molar refractivity (Wildman–Crippen MR) is 135 cm³/mol. The lowest BCUT2D eigenvalue weighted by atomic mass is 9.41. The first-order valence-corrected chi connectivity index (χ1v) is 14.5. The van der Waals surface area contributed by atoms with Gasteiger partial charge in [0, 0.05) is 17.9 Å². The summed E-state index contributed by atoms with van der Waals surface area (Å²) in [6.07, 6.45) is 0.689. The molecule has 2 aliphatic heterocycles. The van der Waals surface area contributed by atoms with Crippen molar-refractivity contribution >= 4 is 12.3 Å². The van der Waals surface area contributed by atoms with Gasteiger partial charge in [0.15, 0.2) is 6.29 Å². The third kappa shape index (κ3) is 3.78. The number of aliphatic hydroxyl groups excluding tert-OH is 3. The van der Waals surface area contributed by atoms with Crippen LogP contribution in [-0.2, 0) is 23.8 Å². The fourth-order valence-corrected chi connectivity index (χ4v) is 9.75. The van der Waals surface area contributed by atoms with Crippen LogP contribution in [0.5, 0.6) is 0 Å². The SMILES string of the molecule is C[C@H]1O[C@@H](O[C@@H]2CC[C@]3(C=O)[C@H]4CC[C@]5(C)[C@@H](C6=CC(=O)OC6)CC[C@@]5(O)[C@@H]4CC[C@@]3(O)C2)[C@@H](O)[C@@H](O)[C@@H]1O. The lowest BCUT2D eigenvalue weighted by Crippen LogP contribution is -2.69. The molecular formula is C29H42O10. The summed E-state index contributed by atoms with van der Waals surface area (Å²) in [4.78, 5) is 24.8. The standard InChI is InChI=1S/C29H42O10/c1-15-22(32)23(33)24(34)25(38-15)39-17-3-8-27(14-30)19-4-7-26(2)18(16-11-21(31)37-13-16)6-10-29(26,36)20(19)5-9-28(27,35)12-17/h11,14-15,17-20,22-25,32-36H,3-10,12-13H2,1-2H3/t15-,17-,18-,19+,20-,22-,23+,24+,25+,26-,27+,28-,29-/m1/s1. The van der Waals surface area contributed by atoms with Gasteiger partial charge in [0.25, 0.3) is 0 Å². The van der Waals surface area contributed by atoms with Crippen molar-refractivity contribution in [3.63, 3.8) is 0 Å². The van der Waals surface area contributed by atoms with E-state index in [4.69, 9.17) is 14.2 Å². The van der Waals surface area contributed by atoms with Crippen LogP contribution in [0.2, 0.25) is 0 Å². The molecule has 5 fully saturated rings. The van der Waals surface area contributed by atoms with Crippen molar-refractivity contribution < 1.29 is 49.3 Å². The summed E-state index contributed by atoms with van der Waals surface area (Å²) in [5, 5.41) is 55.0. The van der Waals surface area contributed by atoms with Crippen LogP contribution in [0.4, 0.5) is 0 Å². The highest BCUT2D eigenvalue weighted by atomic mass is 16.7. The Morgan fingerprint density at radius 1 is 0.974 bits per heavy atom. The molecule has 0 spiro atoms. The zero-order chi connectivity index (χ0) is 28.0. The lowest BCUT2D eigenvalue weighted by Gasteiger charge is -2.65. The van der Waals surface area contributed by atoms with Crippen LogP contribution >= 0.6 is 0 Å². The highest BCUT2D eigenvalue weighted by molar-refractivity contribution is 5.85. The normalized spacial score (nSPS) is 55.2. The van der Waals surface area contributed by atoms with Gasteiger partial charge >= 0.3 is 5.97 Å². The number of aliphatic hydroxyl groups is 5. The molecule has 13 atom stereocenters. The molecule has 4 aliphatic carbocycles. The van der Waals surface area contributed by atoms with Gasteiger partial charge in [0.05, 0.1) is 28.8 Å². The summed E-state index contributed by atoms with van der Waals surface area (Å²) in [6.45, 7) is 3.98.